The Morgan fingerprint density at radius 3 is 2.62 bits per heavy atom. The quantitative estimate of drug-likeness (QED) is 0.756. The van der Waals surface area contributed by atoms with E-state index in [1.165, 1.54) is 24.3 Å². The molecule has 1 heterocycles. The molecule has 0 atom stereocenters. The number of nitrogens with zero attached hydrogens (tertiary/aromatic N) is 1. The van der Waals surface area contributed by atoms with Crippen molar-refractivity contribution in [1.82, 2.24) is 10.5 Å². The molecule has 0 aliphatic heterocycles. The summed E-state index contributed by atoms with van der Waals surface area (Å²) in [4.78, 5) is 11.8. The van der Waals surface area contributed by atoms with Gasteiger partial charge in [-0.05, 0) is 24.3 Å². The number of carbonyl (C=O) groups is 1. The maximum absolute atomic E-state index is 12.8. The predicted octanol–water partition coefficient (Wildman–Crippen LogP) is 3.18. The number of hydrogen-bond acceptors (Lipinski definition) is 4. The molecule has 2 aromatic carbocycles. The summed E-state index contributed by atoms with van der Waals surface area (Å²) in [5.74, 6) is 0.414. The molecular formula is C18H15FN2O3. The average Bonchev–Trinajstić information content (AvgIpc) is 3.09. The fourth-order valence-corrected chi connectivity index (χ4v) is 2.05. The van der Waals surface area contributed by atoms with Crippen LogP contribution in [0.4, 0.5) is 4.39 Å². The Morgan fingerprint density at radius 1 is 1.12 bits per heavy atom. The third-order valence-corrected chi connectivity index (χ3v) is 3.27. The molecule has 1 aromatic heterocycles. The largest absolute Gasteiger partial charge is 0.484 e. The molecule has 0 radical (unpaired) electrons. The Hall–Kier alpha value is -3.15. The van der Waals surface area contributed by atoms with Crippen molar-refractivity contribution in [3.8, 4) is 17.1 Å². The minimum Gasteiger partial charge on any atom is -0.484 e. The van der Waals surface area contributed by atoms with Gasteiger partial charge < -0.3 is 14.6 Å². The van der Waals surface area contributed by atoms with Gasteiger partial charge in [0.2, 0.25) is 0 Å². The summed E-state index contributed by atoms with van der Waals surface area (Å²) in [6.07, 6.45) is 0. The van der Waals surface area contributed by atoms with Gasteiger partial charge in [0.15, 0.2) is 12.4 Å². The SMILES string of the molecule is O=C(COc1ccc(F)cc1)NCc1cc(-c2ccccc2)on1. The fraction of sp³-hybridized carbons (Fsp3) is 0.111. The van der Waals surface area contributed by atoms with Crippen LogP contribution < -0.4 is 10.1 Å². The van der Waals surface area contributed by atoms with Crippen LogP contribution in [0.2, 0.25) is 0 Å². The smallest absolute Gasteiger partial charge is 0.258 e. The Bertz CT molecular complexity index is 801. The summed E-state index contributed by atoms with van der Waals surface area (Å²) in [6, 6.07) is 16.8. The predicted molar refractivity (Wildman–Crippen MR) is 85.7 cm³/mol. The molecule has 5 nitrogen and oxygen atoms in total. The van der Waals surface area contributed by atoms with Crippen LogP contribution in [0.25, 0.3) is 11.3 Å². The van der Waals surface area contributed by atoms with E-state index in [-0.39, 0.29) is 24.9 Å². The zero-order valence-corrected chi connectivity index (χ0v) is 12.7. The number of nitrogens with one attached hydrogen (secondary N) is 1. The second-order valence-electron chi connectivity index (χ2n) is 5.07. The topological polar surface area (TPSA) is 64.4 Å². The summed E-state index contributed by atoms with van der Waals surface area (Å²) in [7, 11) is 0. The van der Waals surface area contributed by atoms with Crippen LogP contribution in [0.5, 0.6) is 5.75 Å². The van der Waals surface area contributed by atoms with Gasteiger partial charge in [-0.2, -0.15) is 0 Å². The number of amides is 1. The van der Waals surface area contributed by atoms with E-state index in [0.717, 1.165) is 5.56 Å². The third-order valence-electron chi connectivity index (χ3n) is 3.27. The minimum absolute atomic E-state index is 0.158. The lowest BCUT2D eigenvalue weighted by molar-refractivity contribution is -0.123. The molecule has 0 bridgehead atoms. The van der Waals surface area contributed by atoms with Crippen molar-refractivity contribution in [3.05, 3.63) is 72.2 Å². The number of halogens is 1. The number of carbonyl (C=O) groups excluding carboxylic acids is 1. The first kappa shape index (κ1) is 15.7. The minimum atomic E-state index is -0.355. The lowest BCUT2D eigenvalue weighted by atomic mass is 10.2. The summed E-state index contributed by atoms with van der Waals surface area (Å²) in [5, 5.41) is 6.61. The number of ether oxygens (including phenoxy) is 1. The van der Waals surface area contributed by atoms with Gasteiger partial charge in [-0.15, -0.1) is 0 Å². The molecule has 0 saturated heterocycles. The average molecular weight is 326 g/mol. The molecule has 0 aliphatic carbocycles. The molecule has 0 saturated carbocycles. The van der Waals surface area contributed by atoms with Crippen molar-refractivity contribution in [1.29, 1.82) is 0 Å². The lowest BCUT2D eigenvalue weighted by Gasteiger charge is -2.06. The van der Waals surface area contributed by atoms with Crippen LogP contribution in [0.15, 0.2) is 65.2 Å². The molecule has 1 N–H and O–H groups in total. The Morgan fingerprint density at radius 2 is 1.88 bits per heavy atom. The van der Waals surface area contributed by atoms with Crippen LogP contribution in [-0.2, 0) is 11.3 Å². The standard InChI is InChI=1S/C18H15FN2O3/c19-14-6-8-16(9-7-14)23-12-18(22)20-11-15-10-17(24-21-15)13-4-2-1-3-5-13/h1-10H,11-12H2,(H,20,22). The van der Waals surface area contributed by atoms with E-state index in [4.69, 9.17) is 9.26 Å². The third kappa shape index (κ3) is 4.19. The van der Waals surface area contributed by atoms with E-state index in [1.54, 1.807) is 6.07 Å². The van der Waals surface area contributed by atoms with Crippen molar-refractivity contribution >= 4 is 5.91 Å². The van der Waals surface area contributed by atoms with E-state index < -0.39 is 0 Å². The van der Waals surface area contributed by atoms with Crippen molar-refractivity contribution in [2.24, 2.45) is 0 Å². The maximum Gasteiger partial charge on any atom is 0.258 e. The van der Waals surface area contributed by atoms with E-state index in [2.05, 4.69) is 10.5 Å². The molecule has 6 heteroatoms. The Kier molecular flexibility index (Phi) is 4.86. The van der Waals surface area contributed by atoms with Crippen molar-refractivity contribution in [2.75, 3.05) is 6.61 Å². The second-order valence-corrected chi connectivity index (χ2v) is 5.07. The fourth-order valence-electron chi connectivity index (χ4n) is 2.05. The zero-order valence-electron chi connectivity index (χ0n) is 12.7. The van der Waals surface area contributed by atoms with E-state index in [1.807, 2.05) is 30.3 Å². The highest BCUT2D eigenvalue weighted by atomic mass is 19.1. The van der Waals surface area contributed by atoms with E-state index >= 15 is 0 Å². The molecule has 1 amide bonds. The van der Waals surface area contributed by atoms with Gasteiger partial charge >= 0.3 is 0 Å². The summed E-state index contributed by atoms with van der Waals surface area (Å²) >= 11 is 0. The highest BCUT2D eigenvalue weighted by Crippen LogP contribution is 2.19. The molecule has 122 valence electrons. The van der Waals surface area contributed by atoms with Gasteiger partial charge in [0.25, 0.3) is 5.91 Å². The first-order chi connectivity index (χ1) is 11.7. The van der Waals surface area contributed by atoms with Crippen molar-refractivity contribution in [3.63, 3.8) is 0 Å². The molecule has 0 spiro atoms. The van der Waals surface area contributed by atoms with E-state index in [9.17, 15) is 9.18 Å². The van der Waals surface area contributed by atoms with Gasteiger partial charge in [0, 0.05) is 11.6 Å². The van der Waals surface area contributed by atoms with Gasteiger partial charge in [-0.3, -0.25) is 4.79 Å². The van der Waals surface area contributed by atoms with Gasteiger partial charge in [0.1, 0.15) is 17.3 Å². The normalized spacial score (nSPS) is 10.4. The van der Waals surface area contributed by atoms with Crippen LogP contribution >= 0.6 is 0 Å². The summed E-state index contributed by atoms with van der Waals surface area (Å²) < 4.78 is 23.3. The monoisotopic (exact) mass is 326 g/mol. The van der Waals surface area contributed by atoms with Gasteiger partial charge in [-0.25, -0.2) is 4.39 Å². The highest BCUT2D eigenvalue weighted by Gasteiger charge is 2.08. The highest BCUT2D eigenvalue weighted by molar-refractivity contribution is 5.77. The molecule has 0 fully saturated rings. The lowest BCUT2D eigenvalue weighted by Crippen LogP contribution is -2.28. The second kappa shape index (κ2) is 7.41. The number of hydrogen-bond donors (Lipinski definition) is 1. The van der Waals surface area contributed by atoms with Gasteiger partial charge in [0.05, 0.1) is 6.54 Å². The van der Waals surface area contributed by atoms with Gasteiger partial charge in [-0.1, -0.05) is 35.5 Å². The molecule has 3 aromatic rings. The van der Waals surface area contributed by atoms with Crippen LogP contribution in [0, 0.1) is 5.82 Å². The molecule has 0 aliphatic rings. The maximum atomic E-state index is 12.8. The Labute approximate surface area is 138 Å². The Balaban J connectivity index is 1.48. The number of benzene rings is 2. The van der Waals surface area contributed by atoms with Crippen LogP contribution in [0.1, 0.15) is 5.69 Å². The molecule has 24 heavy (non-hydrogen) atoms. The summed E-state index contributed by atoms with van der Waals surface area (Å²) in [5.41, 5.74) is 1.53. The first-order valence-corrected chi connectivity index (χ1v) is 7.37. The molecule has 3 rings (SSSR count). The van der Waals surface area contributed by atoms with Crippen molar-refractivity contribution < 1.29 is 18.4 Å². The summed E-state index contributed by atoms with van der Waals surface area (Å²) in [6.45, 7) is 0.0803. The van der Waals surface area contributed by atoms with Crippen LogP contribution in [-0.4, -0.2) is 17.7 Å². The van der Waals surface area contributed by atoms with Crippen molar-refractivity contribution in [2.45, 2.75) is 6.54 Å². The van der Waals surface area contributed by atoms with E-state index in [0.29, 0.717) is 17.2 Å². The van der Waals surface area contributed by atoms with Crippen LogP contribution in [0.3, 0.4) is 0 Å². The first-order valence-electron chi connectivity index (χ1n) is 7.37. The molecular weight excluding hydrogens is 311 g/mol. The number of aromatic nitrogens is 1. The zero-order chi connectivity index (χ0) is 16.8. The molecule has 0 unspecified atom stereocenters. The number of rotatable bonds is 6.